The van der Waals surface area contributed by atoms with E-state index in [9.17, 15) is 14.9 Å². The predicted octanol–water partition coefficient (Wildman–Crippen LogP) is 6.19. The van der Waals surface area contributed by atoms with Crippen LogP contribution in [0.5, 0.6) is 0 Å². The summed E-state index contributed by atoms with van der Waals surface area (Å²) in [6.07, 6.45) is 1.35. The summed E-state index contributed by atoms with van der Waals surface area (Å²) in [7, 11) is 0. The van der Waals surface area contributed by atoms with Crippen molar-refractivity contribution in [1.82, 2.24) is 15.2 Å². The molecule has 38 heavy (non-hydrogen) atoms. The molecule has 1 aromatic heterocycles. The van der Waals surface area contributed by atoms with Gasteiger partial charge in [-0.05, 0) is 41.8 Å². The highest BCUT2D eigenvalue weighted by Crippen LogP contribution is 2.28. The normalized spacial score (nSPS) is 11.0. The maximum Gasteiger partial charge on any atom is 0.291 e. The van der Waals surface area contributed by atoms with Gasteiger partial charge in [-0.2, -0.15) is 10.2 Å². The Kier molecular flexibility index (Phi) is 6.86. The molecule has 5 aromatic rings. The summed E-state index contributed by atoms with van der Waals surface area (Å²) in [5.41, 5.74) is 8.84. The summed E-state index contributed by atoms with van der Waals surface area (Å²) in [6, 6.07) is 33.8. The highest BCUT2D eigenvalue weighted by atomic mass is 16.6. The van der Waals surface area contributed by atoms with Gasteiger partial charge in [0.1, 0.15) is 0 Å². The first kappa shape index (κ1) is 24.3. The Morgan fingerprint density at radius 1 is 0.868 bits per heavy atom. The summed E-state index contributed by atoms with van der Waals surface area (Å²) in [4.78, 5) is 23.4. The van der Waals surface area contributed by atoms with Gasteiger partial charge in [-0.1, -0.05) is 78.9 Å². The van der Waals surface area contributed by atoms with Crippen molar-refractivity contribution in [2.75, 3.05) is 0 Å². The summed E-state index contributed by atoms with van der Waals surface area (Å²) in [5.74, 6) is -0.500. The zero-order chi connectivity index (χ0) is 26.5. The lowest BCUT2D eigenvalue weighted by molar-refractivity contribution is -0.384. The van der Waals surface area contributed by atoms with Gasteiger partial charge in [0, 0.05) is 23.3 Å². The Bertz CT molecular complexity index is 1640. The topological polar surface area (TPSA) is 102 Å². The standard InChI is InChI=1S/C30H23N5O3/c1-21-7-5-11-26(17-21)34-29(25-15-13-24(14-16-25)23-9-3-2-4-10-23)19-28(33-34)30(36)32-31-20-22-8-6-12-27(18-22)35(37)38/h2-20H,1H3,(H,32,36)/b31-20-. The minimum absolute atomic E-state index is 0.0555. The predicted molar refractivity (Wildman–Crippen MR) is 147 cm³/mol. The number of hydrazone groups is 1. The fourth-order valence-electron chi connectivity index (χ4n) is 4.06. The van der Waals surface area contributed by atoms with Crippen molar-refractivity contribution in [3.8, 4) is 28.1 Å². The number of carbonyl (C=O) groups excluding carboxylic acids is 1. The Balaban J connectivity index is 1.44. The number of rotatable bonds is 7. The van der Waals surface area contributed by atoms with Crippen molar-refractivity contribution in [3.05, 3.63) is 136 Å². The molecule has 0 radical (unpaired) electrons. The number of nitrogens with zero attached hydrogens (tertiary/aromatic N) is 4. The number of nitro benzene ring substituents is 1. The average molecular weight is 502 g/mol. The van der Waals surface area contributed by atoms with Crippen LogP contribution in [0, 0.1) is 17.0 Å². The molecule has 0 spiro atoms. The zero-order valence-electron chi connectivity index (χ0n) is 20.5. The summed E-state index contributed by atoms with van der Waals surface area (Å²) < 4.78 is 1.74. The molecule has 0 bridgehead atoms. The smallest absolute Gasteiger partial charge is 0.265 e. The molecular weight excluding hydrogens is 478 g/mol. The third-order valence-electron chi connectivity index (χ3n) is 5.94. The van der Waals surface area contributed by atoms with E-state index in [0.29, 0.717) is 5.56 Å². The Morgan fingerprint density at radius 2 is 1.58 bits per heavy atom. The van der Waals surface area contributed by atoms with Crippen molar-refractivity contribution in [1.29, 1.82) is 0 Å². The second kappa shape index (κ2) is 10.7. The summed E-state index contributed by atoms with van der Waals surface area (Å²) >= 11 is 0. The van der Waals surface area contributed by atoms with Gasteiger partial charge in [-0.15, -0.1) is 0 Å². The van der Waals surface area contributed by atoms with Gasteiger partial charge in [0.25, 0.3) is 11.6 Å². The lowest BCUT2D eigenvalue weighted by Gasteiger charge is -2.09. The number of amides is 1. The molecule has 1 heterocycles. The number of aryl methyl sites for hydroxylation is 1. The fourth-order valence-corrected chi connectivity index (χ4v) is 4.06. The molecule has 1 N–H and O–H groups in total. The number of non-ortho nitro benzene ring substituents is 1. The fraction of sp³-hybridized carbons (Fsp3) is 0.0333. The molecule has 0 aliphatic rings. The molecular formula is C30H23N5O3. The van der Waals surface area contributed by atoms with Crippen molar-refractivity contribution >= 4 is 17.8 Å². The number of nitro groups is 1. The van der Waals surface area contributed by atoms with Crippen LogP contribution in [-0.4, -0.2) is 26.8 Å². The molecule has 4 aromatic carbocycles. The van der Waals surface area contributed by atoms with Crippen LogP contribution in [0.3, 0.4) is 0 Å². The van der Waals surface area contributed by atoms with Gasteiger partial charge in [0.2, 0.25) is 0 Å². The molecule has 8 nitrogen and oxygen atoms in total. The van der Waals surface area contributed by atoms with E-state index in [1.54, 1.807) is 22.9 Å². The van der Waals surface area contributed by atoms with Crippen LogP contribution in [0.25, 0.3) is 28.1 Å². The molecule has 8 heteroatoms. The van der Waals surface area contributed by atoms with E-state index >= 15 is 0 Å². The Labute approximate surface area is 219 Å². The van der Waals surface area contributed by atoms with Crippen LogP contribution in [-0.2, 0) is 0 Å². The second-order valence-corrected chi connectivity index (χ2v) is 8.66. The quantitative estimate of drug-likeness (QED) is 0.163. The van der Waals surface area contributed by atoms with Gasteiger partial charge in [-0.3, -0.25) is 14.9 Å². The molecule has 0 aliphatic heterocycles. The monoisotopic (exact) mass is 501 g/mol. The minimum atomic E-state index is -0.500. The minimum Gasteiger partial charge on any atom is -0.265 e. The lowest BCUT2D eigenvalue weighted by atomic mass is 10.0. The van der Waals surface area contributed by atoms with Gasteiger partial charge in [0.15, 0.2) is 5.69 Å². The van der Waals surface area contributed by atoms with Crippen molar-refractivity contribution in [2.45, 2.75) is 6.92 Å². The first-order valence-corrected chi connectivity index (χ1v) is 11.9. The number of aromatic nitrogens is 2. The van der Waals surface area contributed by atoms with Gasteiger partial charge >= 0.3 is 0 Å². The SMILES string of the molecule is Cc1cccc(-n2nc(C(=O)N/N=C\c3cccc([N+](=O)[O-])c3)cc2-c2ccc(-c3ccccc3)cc2)c1. The van der Waals surface area contributed by atoms with Gasteiger partial charge < -0.3 is 0 Å². The Hall–Kier alpha value is -5.37. The van der Waals surface area contributed by atoms with Crippen molar-refractivity contribution in [3.63, 3.8) is 0 Å². The Morgan fingerprint density at radius 3 is 2.32 bits per heavy atom. The van der Waals surface area contributed by atoms with Crippen LogP contribution >= 0.6 is 0 Å². The first-order chi connectivity index (χ1) is 18.5. The van der Waals surface area contributed by atoms with Crippen LogP contribution in [0.2, 0.25) is 0 Å². The lowest BCUT2D eigenvalue weighted by Crippen LogP contribution is -2.18. The summed E-state index contributed by atoms with van der Waals surface area (Å²) in [6.45, 7) is 2.00. The van der Waals surface area contributed by atoms with E-state index in [4.69, 9.17) is 0 Å². The third-order valence-corrected chi connectivity index (χ3v) is 5.94. The van der Waals surface area contributed by atoms with Gasteiger partial charge in [-0.25, -0.2) is 10.1 Å². The highest BCUT2D eigenvalue weighted by molar-refractivity contribution is 5.94. The highest BCUT2D eigenvalue weighted by Gasteiger charge is 2.17. The summed E-state index contributed by atoms with van der Waals surface area (Å²) in [5, 5.41) is 19.5. The van der Waals surface area contributed by atoms with E-state index in [1.165, 1.54) is 18.3 Å². The molecule has 0 fully saturated rings. The van der Waals surface area contributed by atoms with E-state index in [1.807, 2.05) is 73.7 Å². The van der Waals surface area contributed by atoms with E-state index in [2.05, 4.69) is 27.8 Å². The largest absolute Gasteiger partial charge is 0.291 e. The molecule has 0 saturated heterocycles. The molecule has 0 unspecified atom stereocenters. The van der Waals surface area contributed by atoms with Crippen LogP contribution in [0.15, 0.2) is 114 Å². The first-order valence-electron chi connectivity index (χ1n) is 11.9. The maximum atomic E-state index is 12.9. The van der Waals surface area contributed by atoms with Crippen LogP contribution in [0.4, 0.5) is 5.69 Å². The van der Waals surface area contributed by atoms with E-state index in [0.717, 1.165) is 33.6 Å². The number of benzene rings is 4. The number of carbonyl (C=O) groups is 1. The molecule has 1 amide bonds. The van der Waals surface area contributed by atoms with E-state index in [-0.39, 0.29) is 11.4 Å². The third kappa shape index (κ3) is 5.39. The van der Waals surface area contributed by atoms with E-state index < -0.39 is 10.8 Å². The second-order valence-electron chi connectivity index (χ2n) is 8.66. The zero-order valence-corrected chi connectivity index (χ0v) is 20.5. The molecule has 0 aliphatic carbocycles. The van der Waals surface area contributed by atoms with Crippen LogP contribution in [0.1, 0.15) is 21.6 Å². The van der Waals surface area contributed by atoms with Gasteiger partial charge in [0.05, 0.1) is 22.5 Å². The number of nitrogens with one attached hydrogen (secondary N) is 1. The molecule has 0 atom stereocenters. The molecule has 5 rings (SSSR count). The van der Waals surface area contributed by atoms with Crippen LogP contribution < -0.4 is 5.43 Å². The molecule has 0 saturated carbocycles. The number of hydrogen-bond acceptors (Lipinski definition) is 5. The number of hydrogen-bond donors (Lipinski definition) is 1. The maximum absolute atomic E-state index is 12.9. The van der Waals surface area contributed by atoms with Crippen molar-refractivity contribution in [2.24, 2.45) is 5.10 Å². The molecule has 186 valence electrons. The average Bonchev–Trinajstić information content (AvgIpc) is 3.40. The van der Waals surface area contributed by atoms with Crippen molar-refractivity contribution < 1.29 is 9.72 Å².